The van der Waals surface area contributed by atoms with Gasteiger partial charge >= 0.3 is 6.18 Å². The molecule has 0 amide bonds. The molecular formula is C23H23ClF4N4O3. The van der Waals surface area contributed by atoms with Crippen molar-refractivity contribution in [3.63, 3.8) is 0 Å². The monoisotopic (exact) mass is 514 g/mol. The van der Waals surface area contributed by atoms with Gasteiger partial charge in [0.2, 0.25) is 0 Å². The molecule has 12 heteroatoms. The standard InChI is InChI=1S/C23H23ClF4N4O3/c1-33-20-9-19-16(22(31-12-30-19)32-14-2-3-18(25)17(24)7-14)8-21(20)35-5-4-34-11-15-6-13(10-29-15)23(26,27)28/h2-3,7-9,12-13,15,29H,4-6,10-11H2,1H3,(H,30,31,32)/t13-,15-/m0/s1. The van der Waals surface area contributed by atoms with Crippen molar-refractivity contribution in [1.82, 2.24) is 15.3 Å². The summed E-state index contributed by atoms with van der Waals surface area (Å²) in [5.74, 6) is -0.568. The summed E-state index contributed by atoms with van der Waals surface area (Å²) in [7, 11) is 1.49. The molecule has 35 heavy (non-hydrogen) atoms. The number of nitrogens with one attached hydrogen (secondary N) is 2. The summed E-state index contributed by atoms with van der Waals surface area (Å²) < 4.78 is 68.6. The molecule has 0 saturated carbocycles. The lowest BCUT2D eigenvalue weighted by Crippen LogP contribution is -2.27. The molecule has 188 valence electrons. The van der Waals surface area contributed by atoms with Gasteiger partial charge in [-0.05, 0) is 30.7 Å². The molecule has 2 atom stereocenters. The zero-order chi connectivity index (χ0) is 25.0. The van der Waals surface area contributed by atoms with Crippen LogP contribution >= 0.6 is 11.6 Å². The van der Waals surface area contributed by atoms with Crippen molar-refractivity contribution in [2.24, 2.45) is 5.92 Å². The molecule has 1 aliphatic heterocycles. The molecule has 1 saturated heterocycles. The Morgan fingerprint density at radius 1 is 1.14 bits per heavy atom. The second-order valence-corrected chi connectivity index (χ2v) is 8.41. The fourth-order valence-electron chi connectivity index (χ4n) is 3.78. The van der Waals surface area contributed by atoms with Gasteiger partial charge in [-0.25, -0.2) is 14.4 Å². The van der Waals surface area contributed by atoms with Crippen LogP contribution in [0.15, 0.2) is 36.7 Å². The number of rotatable bonds is 9. The molecule has 0 spiro atoms. The van der Waals surface area contributed by atoms with Crippen LogP contribution in [0.2, 0.25) is 5.02 Å². The Kier molecular flexibility index (Phi) is 7.78. The summed E-state index contributed by atoms with van der Waals surface area (Å²) in [5, 5.41) is 6.52. The van der Waals surface area contributed by atoms with Gasteiger partial charge in [0, 0.05) is 29.7 Å². The predicted molar refractivity (Wildman–Crippen MR) is 123 cm³/mol. The highest BCUT2D eigenvalue weighted by atomic mass is 35.5. The van der Waals surface area contributed by atoms with Crippen molar-refractivity contribution < 1.29 is 31.8 Å². The lowest BCUT2D eigenvalue weighted by Gasteiger charge is -2.15. The minimum absolute atomic E-state index is 0.00208. The maximum atomic E-state index is 13.5. The second-order valence-electron chi connectivity index (χ2n) is 8.00. The number of hydrogen-bond acceptors (Lipinski definition) is 7. The Morgan fingerprint density at radius 2 is 1.97 bits per heavy atom. The number of methoxy groups -OCH3 is 1. The summed E-state index contributed by atoms with van der Waals surface area (Å²) >= 11 is 5.86. The first-order valence-electron chi connectivity index (χ1n) is 10.8. The molecule has 1 fully saturated rings. The van der Waals surface area contributed by atoms with E-state index >= 15 is 0 Å². The highest BCUT2D eigenvalue weighted by Gasteiger charge is 2.43. The smallest absolute Gasteiger partial charge is 0.393 e. The van der Waals surface area contributed by atoms with Crippen molar-refractivity contribution in [3.05, 3.63) is 47.5 Å². The Labute approximate surface area is 203 Å². The van der Waals surface area contributed by atoms with Gasteiger partial charge in [0.25, 0.3) is 0 Å². The normalized spacial score (nSPS) is 18.1. The van der Waals surface area contributed by atoms with Crippen molar-refractivity contribution in [3.8, 4) is 11.5 Å². The van der Waals surface area contributed by atoms with E-state index in [0.29, 0.717) is 33.9 Å². The summed E-state index contributed by atoms with van der Waals surface area (Å²) in [6, 6.07) is 7.27. The number of anilines is 2. The van der Waals surface area contributed by atoms with Crippen molar-refractivity contribution in [1.29, 1.82) is 0 Å². The molecule has 0 aliphatic carbocycles. The van der Waals surface area contributed by atoms with E-state index < -0.39 is 17.9 Å². The topological polar surface area (TPSA) is 77.5 Å². The molecule has 1 aliphatic rings. The maximum absolute atomic E-state index is 13.5. The number of hydrogen-bond donors (Lipinski definition) is 2. The number of aromatic nitrogens is 2. The average Bonchev–Trinajstić information content (AvgIpc) is 3.31. The Morgan fingerprint density at radius 3 is 2.69 bits per heavy atom. The average molecular weight is 515 g/mol. The molecule has 0 unspecified atom stereocenters. The Bertz CT molecular complexity index is 1180. The van der Waals surface area contributed by atoms with Crippen LogP contribution in [0.5, 0.6) is 11.5 Å². The summed E-state index contributed by atoms with van der Waals surface area (Å²) in [6.45, 7) is 0.402. The molecular weight excluding hydrogens is 492 g/mol. The van der Waals surface area contributed by atoms with E-state index in [9.17, 15) is 17.6 Å². The summed E-state index contributed by atoms with van der Waals surface area (Å²) in [4.78, 5) is 8.52. The van der Waals surface area contributed by atoms with E-state index in [1.165, 1.54) is 31.6 Å². The summed E-state index contributed by atoms with van der Waals surface area (Å²) in [6.07, 6.45) is -2.82. The number of halogens is 5. The number of fused-ring (bicyclic) bond motifs is 1. The zero-order valence-electron chi connectivity index (χ0n) is 18.7. The van der Waals surface area contributed by atoms with E-state index in [1.54, 1.807) is 12.1 Å². The van der Waals surface area contributed by atoms with E-state index in [4.69, 9.17) is 25.8 Å². The van der Waals surface area contributed by atoms with Gasteiger partial charge in [0.05, 0.1) is 36.8 Å². The second kappa shape index (κ2) is 10.8. The van der Waals surface area contributed by atoms with Gasteiger partial charge in [-0.3, -0.25) is 0 Å². The van der Waals surface area contributed by atoms with E-state index in [2.05, 4.69) is 20.6 Å². The van der Waals surface area contributed by atoms with E-state index in [-0.39, 0.29) is 43.9 Å². The lowest BCUT2D eigenvalue weighted by atomic mass is 10.1. The summed E-state index contributed by atoms with van der Waals surface area (Å²) in [5.41, 5.74) is 1.12. The molecule has 7 nitrogen and oxygen atoms in total. The van der Waals surface area contributed by atoms with Crippen LogP contribution in [0, 0.1) is 11.7 Å². The van der Waals surface area contributed by atoms with Gasteiger partial charge in [0.1, 0.15) is 24.6 Å². The quantitative estimate of drug-likeness (QED) is 0.303. The van der Waals surface area contributed by atoms with Gasteiger partial charge in [-0.15, -0.1) is 0 Å². The SMILES string of the molecule is COc1cc2ncnc(Nc3ccc(F)c(Cl)c3)c2cc1OCCOC[C@@H]1C[C@H](C(F)(F)F)CN1. The van der Waals surface area contributed by atoms with Gasteiger partial charge < -0.3 is 24.8 Å². The van der Waals surface area contributed by atoms with E-state index in [1.807, 2.05) is 0 Å². The molecule has 3 aromatic rings. The lowest BCUT2D eigenvalue weighted by molar-refractivity contribution is -0.169. The molecule has 0 bridgehead atoms. The third-order valence-electron chi connectivity index (χ3n) is 5.59. The van der Waals surface area contributed by atoms with Crippen LogP contribution in [-0.4, -0.2) is 55.7 Å². The first kappa shape index (κ1) is 25.2. The molecule has 2 heterocycles. The predicted octanol–water partition coefficient (Wildman–Crippen LogP) is 5.11. The van der Waals surface area contributed by atoms with E-state index in [0.717, 1.165) is 0 Å². The van der Waals surface area contributed by atoms with Crippen LogP contribution in [-0.2, 0) is 4.74 Å². The first-order valence-corrected chi connectivity index (χ1v) is 11.2. The van der Waals surface area contributed by atoms with Gasteiger partial charge in [-0.1, -0.05) is 11.6 Å². The van der Waals surface area contributed by atoms with Crippen LogP contribution in [0.4, 0.5) is 29.1 Å². The Hall–Kier alpha value is -2.89. The first-order chi connectivity index (χ1) is 16.7. The van der Waals surface area contributed by atoms with Crippen molar-refractivity contribution in [2.75, 3.05) is 38.8 Å². The molecule has 0 radical (unpaired) electrons. The van der Waals surface area contributed by atoms with Crippen LogP contribution < -0.4 is 20.1 Å². The van der Waals surface area contributed by atoms with Crippen LogP contribution in [0.25, 0.3) is 10.9 Å². The minimum atomic E-state index is -4.20. The van der Waals surface area contributed by atoms with Crippen LogP contribution in [0.1, 0.15) is 6.42 Å². The van der Waals surface area contributed by atoms with Crippen molar-refractivity contribution in [2.45, 2.75) is 18.6 Å². The highest BCUT2D eigenvalue weighted by Crippen LogP contribution is 2.35. The van der Waals surface area contributed by atoms with Crippen LogP contribution in [0.3, 0.4) is 0 Å². The number of nitrogens with zero attached hydrogens (tertiary/aromatic N) is 2. The minimum Gasteiger partial charge on any atom is -0.493 e. The molecule has 2 aromatic carbocycles. The molecule has 1 aromatic heterocycles. The van der Waals surface area contributed by atoms with Gasteiger partial charge in [-0.2, -0.15) is 13.2 Å². The van der Waals surface area contributed by atoms with Gasteiger partial charge in [0.15, 0.2) is 11.5 Å². The molecule has 2 N–H and O–H groups in total. The fourth-order valence-corrected chi connectivity index (χ4v) is 3.96. The number of benzene rings is 2. The third-order valence-corrected chi connectivity index (χ3v) is 5.88. The van der Waals surface area contributed by atoms with Crippen molar-refractivity contribution >= 4 is 34.0 Å². The fraction of sp³-hybridized carbons (Fsp3) is 0.391. The number of alkyl halides is 3. The third kappa shape index (κ3) is 6.22. The molecule has 4 rings (SSSR count). The maximum Gasteiger partial charge on any atom is 0.393 e. The number of ether oxygens (including phenoxy) is 3. The zero-order valence-corrected chi connectivity index (χ0v) is 19.4. The largest absolute Gasteiger partial charge is 0.493 e. The Balaban J connectivity index is 1.39. The highest BCUT2D eigenvalue weighted by molar-refractivity contribution is 6.31.